The minimum absolute atomic E-state index is 0.0372. The Morgan fingerprint density at radius 3 is 2.57 bits per heavy atom. The van der Waals surface area contributed by atoms with E-state index in [-0.39, 0.29) is 5.88 Å². The van der Waals surface area contributed by atoms with Gasteiger partial charge in [-0.05, 0) is 50.5 Å². The summed E-state index contributed by atoms with van der Waals surface area (Å²) in [6, 6.07) is 22.7. The number of carbonyl (C=O) groups excluding carboxylic acids is 1. The van der Waals surface area contributed by atoms with E-state index in [1.165, 1.54) is 7.11 Å². The van der Waals surface area contributed by atoms with Crippen LogP contribution in [0, 0.1) is 0 Å². The molecule has 0 atom stereocenters. The maximum atomic E-state index is 12.0. The summed E-state index contributed by atoms with van der Waals surface area (Å²) in [6.45, 7) is 0.796. The highest BCUT2D eigenvalue weighted by atomic mass is 16.5. The standard InChI is InChI=1S/C29H27N5O3/c1-33(2)18-22-10-7-15-34(22)25-14-12-21(17-30-25)31-27(19-8-5-4-6-9-19)26-23-13-11-20(29(36)37-3)16-24(23)32-28(26)35/h4-17,32,35H,18H2,1-3H3. The number of fused-ring (bicyclic) bond motifs is 1. The van der Waals surface area contributed by atoms with Gasteiger partial charge >= 0.3 is 5.97 Å². The molecular formula is C29H27N5O3. The third kappa shape index (κ3) is 4.87. The summed E-state index contributed by atoms with van der Waals surface area (Å²) in [5.74, 6) is 0.314. The number of hydrogen-bond donors (Lipinski definition) is 2. The third-order valence-electron chi connectivity index (χ3n) is 6.02. The van der Waals surface area contributed by atoms with Crippen LogP contribution >= 0.6 is 0 Å². The molecule has 0 aliphatic carbocycles. The summed E-state index contributed by atoms with van der Waals surface area (Å²) in [5.41, 5.74) is 4.73. The number of aromatic amines is 1. The second-order valence-corrected chi connectivity index (χ2v) is 8.91. The molecule has 0 aliphatic rings. The number of nitrogens with one attached hydrogen (secondary N) is 1. The smallest absolute Gasteiger partial charge is 0.337 e. The SMILES string of the molecule is COC(=O)c1ccc2c(C(=Nc3ccc(-n4cccc4CN(C)C)nc3)c3ccccc3)c(O)[nH]c2c1. The minimum Gasteiger partial charge on any atom is -0.494 e. The Labute approximate surface area is 214 Å². The Morgan fingerprint density at radius 1 is 1.05 bits per heavy atom. The lowest BCUT2D eigenvalue weighted by molar-refractivity contribution is 0.0601. The molecule has 0 fully saturated rings. The Hall–Kier alpha value is -4.69. The first-order valence-electron chi connectivity index (χ1n) is 11.8. The molecule has 37 heavy (non-hydrogen) atoms. The Bertz CT molecular complexity index is 1580. The third-order valence-corrected chi connectivity index (χ3v) is 6.02. The van der Waals surface area contributed by atoms with E-state index in [0.29, 0.717) is 28.0 Å². The molecule has 0 aliphatic heterocycles. The summed E-state index contributed by atoms with van der Waals surface area (Å²) >= 11 is 0. The highest BCUT2D eigenvalue weighted by molar-refractivity contribution is 6.22. The van der Waals surface area contributed by atoms with Crippen molar-refractivity contribution in [1.82, 2.24) is 19.4 Å². The molecule has 2 aromatic carbocycles. The number of pyridine rings is 1. The van der Waals surface area contributed by atoms with Gasteiger partial charge in [-0.15, -0.1) is 0 Å². The fourth-order valence-electron chi connectivity index (χ4n) is 4.34. The summed E-state index contributed by atoms with van der Waals surface area (Å²) in [7, 11) is 5.40. The van der Waals surface area contributed by atoms with Gasteiger partial charge in [0, 0.05) is 34.9 Å². The first kappa shape index (κ1) is 24.0. The highest BCUT2D eigenvalue weighted by Gasteiger charge is 2.20. The van der Waals surface area contributed by atoms with Crippen LogP contribution in [0.5, 0.6) is 5.88 Å². The highest BCUT2D eigenvalue weighted by Crippen LogP contribution is 2.32. The maximum Gasteiger partial charge on any atom is 0.337 e. The number of nitrogens with zero attached hydrogens (tertiary/aromatic N) is 4. The molecule has 0 unspecified atom stereocenters. The predicted octanol–water partition coefficient (Wildman–Crippen LogP) is 5.08. The van der Waals surface area contributed by atoms with Crippen molar-refractivity contribution < 1.29 is 14.6 Å². The van der Waals surface area contributed by atoms with E-state index in [4.69, 9.17) is 9.73 Å². The molecule has 186 valence electrons. The molecule has 8 heteroatoms. The van der Waals surface area contributed by atoms with Crippen molar-refractivity contribution in [2.24, 2.45) is 4.99 Å². The van der Waals surface area contributed by atoms with Crippen LogP contribution in [0.2, 0.25) is 0 Å². The zero-order chi connectivity index (χ0) is 25.9. The van der Waals surface area contributed by atoms with Crippen LogP contribution in [0.4, 0.5) is 5.69 Å². The van der Waals surface area contributed by atoms with E-state index in [0.717, 1.165) is 29.0 Å². The van der Waals surface area contributed by atoms with Crippen molar-refractivity contribution in [2.75, 3.05) is 21.2 Å². The molecule has 0 saturated carbocycles. The maximum absolute atomic E-state index is 12.0. The van der Waals surface area contributed by atoms with Crippen LogP contribution in [0.1, 0.15) is 27.2 Å². The molecule has 0 amide bonds. The van der Waals surface area contributed by atoms with Crippen molar-refractivity contribution >= 4 is 28.3 Å². The Kier molecular flexibility index (Phi) is 6.57. The minimum atomic E-state index is -0.447. The summed E-state index contributed by atoms with van der Waals surface area (Å²) in [4.78, 5) is 26.7. The second-order valence-electron chi connectivity index (χ2n) is 8.91. The number of aliphatic imine (C=N–C) groups is 1. The fraction of sp³-hybridized carbons (Fsp3) is 0.138. The number of hydrogen-bond acceptors (Lipinski definition) is 6. The fourth-order valence-corrected chi connectivity index (χ4v) is 4.34. The van der Waals surface area contributed by atoms with E-state index in [9.17, 15) is 9.90 Å². The van der Waals surface area contributed by atoms with Gasteiger partial charge in [-0.25, -0.2) is 14.8 Å². The molecule has 8 nitrogen and oxygen atoms in total. The number of aromatic hydroxyl groups is 1. The number of ether oxygens (including phenoxy) is 1. The zero-order valence-corrected chi connectivity index (χ0v) is 20.8. The van der Waals surface area contributed by atoms with Gasteiger partial charge < -0.3 is 24.3 Å². The number of esters is 1. The lowest BCUT2D eigenvalue weighted by atomic mass is 10.00. The van der Waals surface area contributed by atoms with E-state index in [1.807, 2.05) is 68.8 Å². The van der Waals surface area contributed by atoms with Gasteiger partial charge in [0.1, 0.15) is 5.82 Å². The second kappa shape index (κ2) is 10.1. The molecule has 3 heterocycles. The topological polar surface area (TPSA) is 95.7 Å². The van der Waals surface area contributed by atoms with Crippen LogP contribution < -0.4 is 0 Å². The molecule has 0 bridgehead atoms. The van der Waals surface area contributed by atoms with Crippen molar-refractivity contribution in [3.05, 3.63) is 108 Å². The Morgan fingerprint density at radius 2 is 1.86 bits per heavy atom. The summed E-state index contributed by atoms with van der Waals surface area (Å²) < 4.78 is 6.88. The van der Waals surface area contributed by atoms with E-state index < -0.39 is 5.97 Å². The normalized spacial score (nSPS) is 11.8. The van der Waals surface area contributed by atoms with Gasteiger partial charge in [0.25, 0.3) is 0 Å². The monoisotopic (exact) mass is 493 g/mol. The Balaban J connectivity index is 1.59. The first-order valence-corrected chi connectivity index (χ1v) is 11.8. The number of benzene rings is 2. The van der Waals surface area contributed by atoms with Crippen LogP contribution in [-0.2, 0) is 11.3 Å². The van der Waals surface area contributed by atoms with Crippen LogP contribution in [0.3, 0.4) is 0 Å². The quantitative estimate of drug-likeness (QED) is 0.244. The van der Waals surface area contributed by atoms with Crippen molar-refractivity contribution in [3.8, 4) is 11.7 Å². The van der Waals surface area contributed by atoms with Crippen molar-refractivity contribution in [3.63, 3.8) is 0 Å². The number of methoxy groups -OCH3 is 1. The molecule has 0 spiro atoms. The molecule has 0 saturated heterocycles. The molecule has 2 N–H and O–H groups in total. The van der Waals surface area contributed by atoms with Gasteiger partial charge in [0.05, 0.1) is 35.8 Å². The first-order chi connectivity index (χ1) is 17.9. The predicted molar refractivity (Wildman–Crippen MR) is 144 cm³/mol. The summed E-state index contributed by atoms with van der Waals surface area (Å²) in [6.07, 6.45) is 3.71. The van der Waals surface area contributed by atoms with Gasteiger partial charge in [0.2, 0.25) is 0 Å². The number of H-pyrrole nitrogens is 1. The summed E-state index contributed by atoms with van der Waals surface area (Å²) in [5, 5.41) is 11.7. The van der Waals surface area contributed by atoms with Crippen molar-refractivity contribution in [1.29, 1.82) is 0 Å². The molecule has 0 radical (unpaired) electrons. The lowest BCUT2D eigenvalue weighted by Crippen LogP contribution is -2.14. The van der Waals surface area contributed by atoms with Gasteiger partial charge in [-0.1, -0.05) is 36.4 Å². The molecule has 5 rings (SSSR count). The van der Waals surface area contributed by atoms with Gasteiger partial charge in [-0.3, -0.25) is 0 Å². The van der Waals surface area contributed by atoms with Crippen LogP contribution in [0.15, 0.2) is 90.2 Å². The van der Waals surface area contributed by atoms with Crippen molar-refractivity contribution in [2.45, 2.75) is 6.54 Å². The molecule has 3 aromatic heterocycles. The van der Waals surface area contributed by atoms with Gasteiger partial charge in [-0.2, -0.15) is 0 Å². The zero-order valence-electron chi connectivity index (χ0n) is 20.8. The average Bonchev–Trinajstić information content (AvgIpc) is 3.50. The number of carbonyl (C=O) groups is 1. The molecule has 5 aromatic rings. The number of rotatable bonds is 7. The molecular weight excluding hydrogens is 466 g/mol. The van der Waals surface area contributed by atoms with E-state index >= 15 is 0 Å². The van der Waals surface area contributed by atoms with Crippen LogP contribution in [0.25, 0.3) is 16.7 Å². The average molecular weight is 494 g/mol. The lowest BCUT2D eigenvalue weighted by Gasteiger charge is -2.13. The largest absolute Gasteiger partial charge is 0.494 e. The van der Waals surface area contributed by atoms with Gasteiger partial charge in [0.15, 0.2) is 5.88 Å². The van der Waals surface area contributed by atoms with E-state index in [1.54, 1.807) is 24.4 Å². The van der Waals surface area contributed by atoms with Crippen LogP contribution in [-0.4, -0.2) is 57.4 Å². The van der Waals surface area contributed by atoms with E-state index in [2.05, 4.69) is 25.5 Å². The number of aromatic nitrogens is 3.